The van der Waals surface area contributed by atoms with Crippen LogP contribution in [0.3, 0.4) is 0 Å². The molecule has 0 amide bonds. The molecule has 0 fully saturated rings. The average molecular weight is 321 g/mol. The van der Waals surface area contributed by atoms with Crippen LogP contribution in [-0.4, -0.2) is 19.3 Å². The smallest absolute Gasteiger partial charge is 0.179 e. The maximum absolute atomic E-state index is 6.26. The van der Waals surface area contributed by atoms with Crippen molar-refractivity contribution in [1.82, 2.24) is 19.3 Å². The number of aryl methyl sites for hydroxylation is 2. The van der Waals surface area contributed by atoms with Crippen LogP contribution < -0.4 is 0 Å². The van der Waals surface area contributed by atoms with Gasteiger partial charge in [-0.15, -0.1) is 0 Å². The summed E-state index contributed by atoms with van der Waals surface area (Å²) in [6.45, 7) is 2.79. The SMILES string of the molecule is CCCc1nn(C)c2c1[nH]c(=S)n2Cc1ccccc1Cl. The monoisotopic (exact) mass is 320 g/mol. The number of H-pyrrole nitrogens is 1. The van der Waals surface area contributed by atoms with Gasteiger partial charge >= 0.3 is 0 Å². The van der Waals surface area contributed by atoms with Crippen LogP contribution in [0.2, 0.25) is 5.02 Å². The molecule has 21 heavy (non-hydrogen) atoms. The predicted molar refractivity (Wildman–Crippen MR) is 88.4 cm³/mol. The van der Waals surface area contributed by atoms with Crippen LogP contribution in [-0.2, 0) is 20.0 Å². The van der Waals surface area contributed by atoms with E-state index in [-0.39, 0.29) is 0 Å². The Kier molecular flexibility index (Phi) is 3.87. The molecule has 2 heterocycles. The highest BCUT2D eigenvalue weighted by molar-refractivity contribution is 7.71. The Balaban J connectivity index is 2.13. The first-order valence-electron chi connectivity index (χ1n) is 6.99. The van der Waals surface area contributed by atoms with Gasteiger partial charge in [0.15, 0.2) is 10.4 Å². The molecule has 1 aromatic carbocycles. The second-order valence-electron chi connectivity index (χ2n) is 5.13. The molecule has 0 saturated carbocycles. The number of rotatable bonds is 4. The molecular formula is C15H17ClN4S. The van der Waals surface area contributed by atoms with Crippen molar-refractivity contribution in [2.45, 2.75) is 26.3 Å². The minimum atomic E-state index is 0.642. The van der Waals surface area contributed by atoms with Crippen LogP contribution in [0, 0.1) is 4.77 Å². The number of aromatic amines is 1. The summed E-state index contributed by atoms with van der Waals surface area (Å²) in [5.74, 6) is 0. The van der Waals surface area contributed by atoms with Crippen LogP contribution >= 0.6 is 23.8 Å². The van der Waals surface area contributed by atoms with Crippen LogP contribution in [0.1, 0.15) is 24.6 Å². The molecule has 0 aliphatic heterocycles. The zero-order valence-electron chi connectivity index (χ0n) is 12.1. The first kappa shape index (κ1) is 14.4. The van der Waals surface area contributed by atoms with Gasteiger partial charge in [-0.25, -0.2) is 0 Å². The minimum Gasteiger partial charge on any atom is -0.328 e. The van der Waals surface area contributed by atoms with Crippen molar-refractivity contribution in [1.29, 1.82) is 0 Å². The van der Waals surface area contributed by atoms with E-state index < -0.39 is 0 Å². The Bertz CT molecular complexity index is 843. The summed E-state index contributed by atoms with van der Waals surface area (Å²) < 4.78 is 4.65. The van der Waals surface area contributed by atoms with Gasteiger partial charge in [0.1, 0.15) is 5.52 Å². The van der Waals surface area contributed by atoms with Crippen molar-refractivity contribution >= 4 is 35.0 Å². The van der Waals surface area contributed by atoms with Gasteiger partial charge in [-0.3, -0.25) is 9.25 Å². The number of nitrogens with zero attached hydrogens (tertiary/aromatic N) is 3. The first-order valence-corrected chi connectivity index (χ1v) is 7.78. The molecule has 0 saturated heterocycles. The van der Waals surface area contributed by atoms with Gasteiger partial charge in [-0.05, 0) is 30.3 Å². The van der Waals surface area contributed by atoms with E-state index in [4.69, 9.17) is 23.8 Å². The molecule has 0 radical (unpaired) electrons. The first-order chi connectivity index (χ1) is 10.1. The van der Waals surface area contributed by atoms with Crippen molar-refractivity contribution in [3.8, 4) is 0 Å². The summed E-state index contributed by atoms with van der Waals surface area (Å²) in [5, 5.41) is 5.34. The number of benzene rings is 1. The molecule has 3 aromatic rings. The third-order valence-electron chi connectivity index (χ3n) is 3.60. The molecule has 0 aliphatic carbocycles. The van der Waals surface area contributed by atoms with E-state index in [1.807, 2.05) is 36.0 Å². The van der Waals surface area contributed by atoms with E-state index in [2.05, 4.69) is 21.6 Å². The fourth-order valence-electron chi connectivity index (χ4n) is 2.63. The van der Waals surface area contributed by atoms with Gasteiger partial charge in [0, 0.05) is 12.1 Å². The van der Waals surface area contributed by atoms with Crippen molar-refractivity contribution in [3.63, 3.8) is 0 Å². The van der Waals surface area contributed by atoms with Gasteiger partial charge in [0.2, 0.25) is 0 Å². The Morgan fingerprint density at radius 3 is 2.81 bits per heavy atom. The van der Waals surface area contributed by atoms with Crippen LogP contribution in [0.25, 0.3) is 11.2 Å². The van der Waals surface area contributed by atoms with Crippen molar-refractivity contribution < 1.29 is 0 Å². The molecule has 0 aliphatic rings. The number of imidazole rings is 1. The largest absolute Gasteiger partial charge is 0.328 e. The summed E-state index contributed by atoms with van der Waals surface area (Å²) >= 11 is 11.7. The predicted octanol–water partition coefficient (Wildman–Crippen LogP) is 4.09. The molecule has 0 unspecified atom stereocenters. The third-order valence-corrected chi connectivity index (χ3v) is 4.29. The normalized spacial score (nSPS) is 11.4. The van der Waals surface area contributed by atoms with E-state index in [1.165, 1.54) is 0 Å². The fraction of sp³-hybridized carbons (Fsp3) is 0.333. The summed E-state index contributed by atoms with van der Waals surface area (Å²) in [4.78, 5) is 3.29. The van der Waals surface area contributed by atoms with E-state index in [0.29, 0.717) is 11.3 Å². The van der Waals surface area contributed by atoms with Gasteiger partial charge in [0.05, 0.1) is 12.2 Å². The van der Waals surface area contributed by atoms with Crippen LogP contribution in [0.5, 0.6) is 0 Å². The number of nitrogens with one attached hydrogen (secondary N) is 1. The second-order valence-corrected chi connectivity index (χ2v) is 5.92. The lowest BCUT2D eigenvalue weighted by molar-refractivity contribution is 0.703. The highest BCUT2D eigenvalue weighted by Gasteiger charge is 2.15. The summed E-state index contributed by atoms with van der Waals surface area (Å²) in [5.41, 5.74) is 4.17. The molecule has 0 atom stereocenters. The van der Waals surface area contributed by atoms with Gasteiger partial charge in [0.25, 0.3) is 0 Å². The number of hydrogen-bond acceptors (Lipinski definition) is 2. The molecule has 0 spiro atoms. The average Bonchev–Trinajstić information content (AvgIpc) is 2.92. The van der Waals surface area contributed by atoms with Crippen molar-refractivity contribution in [3.05, 3.63) is 45.3 Å². The standard InChI is InChI=1S/C15H17ClN4S/c1-3-6-12-13-14(19(2)18-12)20(15(21)17-13)9-10-7-4-5-8-11(10)16/h4-5,7-8H,3,6,9H2,1-2H3,(H,17,21). The second kappa shape index (κ2) is 5.66. The molecule has 0 bridgehead atoms. The number of aromatic nitrogens is 4. The van der Waals surface area contributed by atoms with E-state index in [9.17, 15) is 0 Å². The zero-order chi connectivity index (χ0) is 15.0. The molecule has 4 nitrogen and oxygen atoms in total. The lowest BCUT2D eigenvalue weighted by Gasteiger charge is -2.06. The van der Waals surface area contributed by atoms with Crippen molar-refractivity contribution in [2.75, 3.05) is 0 Å². The molecule has 2 aromatic heterocycles. The highest BCUT2D eigenvalue weighted by atomic mass is 35.5. The lowest BCUT2D eigenvalue weighted by atomic mass is 10.2. The van der Waals surface area contributed by atoms with Gasteiger partial charge in [-0.1, -0.05) is 43.1 Å². The maximum Gasteiger partial charge on any atom is 0.179 e. The number of halogens is 1. The maximum atomic E-state index is 6.26. The van der Waals surface area contributed by atoms with Crippen molar-refractivity contribution in [2.24, 2.45) is 7.05 Å². The lowest BCUT2D eigenvalue weighted by Crippen LogP contribution is -2.04. The van der Waals surface area contributed by atoms with E-state index in [0.717, 1.165) is 40.3 Å². The molecule has 3 rings (SSSR count). The molecule has 6 heteroatoms. The Morgan fingerprint density at radius 2 is 2.10 bits per heavy atom. The minimum absolute atomic E-state index is 0.642. The quantitative estimate of drug-likeness (QED) is 0.735. The topological polar surface area (TPSA) is 38.5 Å². The Morgan fingerprint density at radius 1 is 1.33 bits per heavy atom. The number of hydrogen-bond donors (Lipinski definition) is 1. The van der Waals surface area contributed by atoms with E-state index >= 15 is 0 Å². The van der Waals surface area contributed by atoms with Crippen LogP contribution in [0.15, 0.2) is 24.3 Å². The summed E-state index contributed by atoms with van der Waals surface area (Å²) in [6.07, 6.45) is 2.00. The molecule has 1 N–H and O–H groups in total. The van der Waals surface area contributed by atoms with Gasteiger partial charge < -0.3 is 4.98 Å². The summed E-state index contributed by atoms with van der Waals surface area (Å²) in [6, 6.07) is 7.84. The zero-order valence-corrected chi connectivity index (χ0v) is 13.6. The summed E-state index contributed by atoms with van der Waals surface area (Å²) in [7, 11) is 1.95. The van der Waals surface area contributed by atoms with Gasteiger partial charge in [-0.2, -0.15) is 5.10 Å². The fourth-order valence-corrected chi connectivity index (χ4v) is 3.08. The highest BCUT2D eigenvalue weighted by Crippen LogP contribution is 2.22. The number of fused-ring (bicyclic) bond motifs is 1. The molecule has 110 valence electrons. The third kappa shape index (κ3) is 2.51. The van der Waals surface area contributed by atoms with E-state index in [1.54, 1.807) is 0 Å². The van der Waals surface area contributed by atoms with Crippen LogP contribution in [0.4, 0.5) is 0 Å². The molecular weight excluding hydrogens is 304 g/mol. The Hall–Kier alpha value is -1.59. The Labute approximate surface area is 133 Å².